The Labute approximate surface area is 174 Å². The van der Waals surface area contributed by atoms with Crippen LogP contribution in [-0.4, -0.2) is 33.8 Å². The Balaban J connectivity index is 1.81. The molecule has 2 aromatic heterocycles. The van der Waals surface area contributed by atoms with Crippen LogP contribution in [-0.2, 0) is 0 Å². The van der Waals surface area contributed by atoms with E-state index in [1.54, 1.807) is 24.8 Å². The summed E-state index contributed by atoms with van der Waals surface area (Å²) in [7, 11) is 3.17. The van der Waals surface area contributed by atoms with Gasteiger partial charge in [-0.2, -0.15) is 0 Å². The molecule has 0 aliphatic carbocycles. The van der Waals surface area contributed by atoms with Gasteiger partial charge in [-0.3, -0.25) is 5.10 Å². The Kier molecular flexibility index (Phi) is 4.94. The standard InChI is InChI=1S/C19H17BrN4O3S/c1-10(27-12-6-4-11(20)5-7-12)17-22-18-13-8-15(25-2)16(26-3)9-14(13)21-19(28)24(18)23-17/h4-10H,1-3H3,(H,22,23)/t10-/m1/s1. The van der Waals surface area contributed by atoms with Crippen LogP contribution in [0, 0.1) is 4.77 Å². The SMILES string of the molecule is COc1cc2nc(=S)n3[nH]c([C@@H](C)Oc4ccc(Br)cc4)nc3c2cc1OC. The van der Waals surface area contributed by atoms with Gasteiger partial charge in [0.1, 0.15) is 5.75 Å². The third-order valence-corrected chi connectivity index (χ3v) is 5.13. The number of H-pyrrole nitrogens is 1. The molecule has 0 aliphatic heterocycles. The van der Waals surface area contributed by atoms with Gasteiger partial charge in [0.05, 0.1) is 19.7 Å². The molecule has 0 saturated heterocycles. The quantitative estimate of drug-likeness (QED) is 0.428. The van der Waals surface area contributed by atoms with E-state index in [4.69, 9.17) is 31.4 Å². The maximum Gasteiger partial charge on any atom is 0.221 e. The van der Waals surface area contributed by atoms with Gasteiger partial charge in [-0.1, -0.05) is 15.9 Å². The number of aromatic amines is 1. The summed E-state index contributed by atoms with van der Waals surface area (Å²) in [5, 5.41) is 3.98. The number of hydrogen-bond acceptors (Lipinski definition) is 6. The van der Waals surface area contributed by atoms with Crippen LogP contribution >= 0.6 is 28.1 Å². The fourth-order valence-electron chi connectivity index (χ4n) is 2.92. The molecule has 0 saturated carbocycles. The van der Waals surface area contributed by atoms with Crippen molar-refractivity contribution in [2.75, 3.05) is 14.2 Å². The molecule has 2 heterocycles. The number of methoxy groups -OCH3 is 2. The van der Waals surface area contributed by atoms with Gasteiger partial charge < -0.3 is 14.2 Å². The zero-order valence-corrected chi connectivity index (χ0v) is 17.8. The van der Waals surface area contributed by atoms with Crippen molar-refractivity contribution in [2.45, 2.75) is 13.0 Å². The largest absolute Gasteiger partial charge is 0.493 e. The lowest BCUT2D eigenvalue weighted by atomic mass is 10.2. The van der Waals surface area contributed by atoms with E-state index in [2.05, 4.69) is 26.0 Å². The number of fused-ring (bicyclic) bond motifs is 3. The fraction of sp³-hybridized carbons (Fsp3) is 0.211. The minimum atomic E-state index is -0.314. The van der Waals surface area contributed by atoms with Crippen molar-refractivity contribution < 1.29 is 14.2 Å². The second-order valence-electron chi connectivity index (χ2n) is 6.10. The van der Waals surface area contributed by atoms with Crippen LogP contribution in [0.3, 0.4) is 0 Å². The molecule has 0 amide bonds. The number of aromatic nitrogens is 4. The van der Waals surface area contributed by atoms with Crippen molar-refractivity contribution in [2.24, 2.45) is 0 Å². The molecule has 2 aromatic carbocycles. The van der Waals surface area contributed by atoms with E-state index >= 15 is 0 Å². The van der Waals surface area contributed by atoms with Crippen LogP contribution in [0.1, 0.15) is 18.9 Å². The molecule has 0 bridgehead atoms. The maximum atomic E-state index is 5.99. The average Bonchev–Trinajstić information content (AvgIpc) is 3.15. The molecule has 4 rings (SSSR count). The second kappa shape index (κ2) is 7.40. The first-order chi connectivity index (χ1) is 13.5. The zero-order valence-electron chi connectivity index (χ0n) is 15.4. The highest BCUT2D eigenvalue weighted by atomic mass is 79.9. The lowest BCUT2D eigenvalue weighted by Crippen LogP contribution is -2.05. The van der Waals surface area contributed by atoms with Gasteiger partial charge in [0, 0.05) is 15.9 Å². The fourth-order valence-corrected chi connectivity index (χ4v) is 3.42. The number of nitrogens with one attached hydrogen (secondary N) is 1. The molecular formula is C19H17BrN4O3S. The van der Waals surface area contributed by atoms with Crippen LogP contribution in [0.5, 0.6) is 17.2 Å². The van der Waals surface area contributed by atoms with Gasteiger partial charge in [0.2, 0.25) is 4.77 Å². The van der Waals surface area contributed by atoms with E-state index in [1.807, 2.05) is 37.3 Å². The summed E-state index contributed by atoms with van der Waals surface area (Å²) in [6.07, 6.45) is -0.314. The minimum Gasteiger partial charge on any atom is -0.493 e. The molecule has 0 spiro atoms. The smallest absolute Gasteiger partial charge is 0.221 e. The number of ether oxygens (including phenoxy) is 3. The molecule has 4 aromatic rings. The first-order valence-electron chi connectivity index (χ1n) is 8.47. The molecule has 0 fully saturated rings. The number of benzene rings is 2. The summed E-state index contributed by atoms with van der Waals surface area (Å²) in [4.78, 5) is 9.20. The predicted octanol–water partition coefficient (Wildman–Crippen LogP) is 4.86. The molecule has 144 valence electrons. The maximum absolute atomic E-state index is 5.99. The van der Waals surface area contributed by atoms with Crippen molar-refractivity contribution >= 4 is 44.7 Å². The van der Waals surface area contributed by atoms with E-state index in [0.717, 1.165) is 15.6 Å². The highest BCUT2D eigenvalue weighted by Gasteiger charge is 2.17. The van der Waals surface area contributed by atoms with Crippen LogP contribution in [0.15, 0.2) is 40.9 Å². The van der Waals surface area contributed by atoms with Crippen LogP contribution in [0.4, 0.5) is 0 Å². The molecule has 0 aliphatic rings. The molecule has 7 nitrogen and oxygen atoms in total. The molecule has 1 atom stereocenters. The van der Waals surface area contributed by atoms with Crippen molar-refractivity contribution in [3.05, 3.63) is 51.5 Å². The van der Waals surface area contributed by atoms with Crippen molar-refractivity contribution in [3.63, 3.8) is 0 Å². The monoisotopic (exact) mass is 460 g/mol. The molecular weight excluding hydrogens is 444 g/mol. The first kappa shape index (κ1) is 18.7. The van der Waals surface area contributed by atoms with Crippen molar-refractivity contribution in [3.8, 4) is 17.2 Å². The molecule has 9 heteroatoms. The Bertz CT molecular complexity index is 1220. The Morgan fingerprint density at radius 3 is 2.43 bits per heavy atom. The van der Waals surface area contributed by atoms with Crippen molar-refractivity contribution in [1.29, 1.82) is 0 Å². The van der Waals surface area contributed by atoms with Crippen LogP contribution in [0.25, 0.3) is 16.6 Å². The van der Waals surface area contributed by atoms with Gasteiger partial charge in [-0.25, -0.2) is 14.5 Å². The minimum absolute atomic E-state index is 0.314. The van der Waals surface area contributed by atoms with Gasteiger partial charge in [-0.05, 0) is 49.5 Å². The lowest BCUT2D eigenvalue weighted by molar-refractivity contribution is 0.216. The predicted molar refractivity (Wildman–Crippen MR) is 112 cm³/mol. The van der Waals surface area contributed by atoms with E-state index in [1.165, 1.54) is 0 Å². The van der Waals surface area contributed by atoms with Gasteiger partial charge >= 0.3 is 0 Å². The first-order valence-corrected chi connectivity index (χ1v) is 9.67. The van der Waals surface area contributed by atoms with E-state index in [9.17, 15) is 0 Å². The Morgan fingerprint density at radius 1 is 1.07 bits per heavy atom. The third kappa shape index (κ3) is 3.31. The van der Waals surface area contributed by atoms with Crippen LogP contribution < -0.4 is 14.2 Å². The summed E-state index contributed by atoms with van der Waals surface area (Å²) < 4.78 is 19.8. The van der Waals surface area contributed by atoms with E-state index in [-0.39, 0.29) is 6.10 Å². The lowest BCUT2D eigenvalue weighted by Gasteiger charge is -2.11. The summed E-state index contributed by atoms with van der Waals surface area (Å²) >= 11 is 8.85. The zero-order chi connectivity index (χ0) is 19.8. The Morgan fingerprint density at radius 2 is 1.75 bits per heavy atom. The van der Waals surface area contributed by atoms with Gasteiger partial charge in [0.25, 0.3) is 0 Å². The van der Waals surface area contributed by atoms with E-state index < -0.39 is 0 Å². The summed E-state index contributed by atoms with van der Waals surface area (Å²) in [5.74, 6) is 2.57. The highest BCUT2D eigenvalue weighted by Crippen LogP contribution is 2.33. The number of rotatable bonds is 5. The second-order valence-corrected chi connectivity index (χ2v) is 7.38. The molecule has 0 unspecified atom stereocenters. The molecule has 1 N–H and O–H groups in total. The van der Waals surface area contributed by atoms with Gasteiger partial charge in [0.15, 0.2) is 29.1 Å². The van der Waals surface area contributed by atoms with Crippen molar-refractivity contribution in [1.82, 2.24) is 19.6 Å². The summed E-state index contributed by atoms with van der Waals surface area (Å²) in [6.45, 7) is 1.92. The Hall–Kier alpha value is -2.65. The summed E-state index contributed by atoms with van der Waals surface area (Å²) in [6, 6.07) is 11.3. The van der Waals surface area contributed by atoms with Crippen LogP contribution in [0.2, 0.25) is 0 Å². The molecule has 0 radical (unpaired) electrons. The highest BCUT2D eigenvalue weighted by molar-refractivity contribution is 9.10. The number of nitrogens with zero attached hydrogens (tertiary/aromatic N) is 3. The molecule has 28 heavy (non-hydrogen) atoms. The normalized spacial score (nSPS) is 12.3. The topological polar surface area (TPSA) is 73.7 Å². The summed E-state index contributed by atoms with van der Waals surface area (Å²) in [5.41, 5.74) is 1.33. The number of hydrogen-bond donors (Lipinski definition) is 1. The van der Waals surface area contributed by atoms with Gasteiger partial charge in [-0.15, -0.1) is 0 Å². The number of halogens is 1. The average molecular weight is 461 g/mol. The third-order valence-electron chi connectivity index (χ3n) is 4.33. The van der Waals surface area contributed by atoms with E-state index in [0.29, 0.717) is 33.3 Å².